The molecule has 0 radical (unpaired) electrons. The lowest BCUT2D eigenvalue weighted by atomic mass is 9.98. The van der Waals surface area contributed by atoms with Gasteiger partial charge in [0.2, 0.25) is 6.79 Å². The van der Waals surface area contributed by atoms with Crippen LogP contribution in [0.3, 0.4) is 0 Å². The fraction of sp³-hybridized carbons (Fsp3) is 0.158. The van der Waals surface area contributed by atoms with Gasteiger partial charge in [-0.15, -0.1) is 0 Å². The third-order valence-electron chi connectivity index (χ3n) is 4.25. The summed E-state index contributed by atoms with van der Waals surface area (Å²) in [6, 6.07) is 13.7. The molecule has 0 spiro atoms. The van der Waals surface area contributed by atoms with Crippen LogP contribution in [0.5, 0.6) is 23.0 Å². The molecule has 0 saturated carbocycles. The van der Waals surface area contributed by atoms with Crippen molar-refractivity contribution < 1.29 is 18.9 Å². The zero-order valence-electron chi connectivity index (χ0n) is 13.5. The molecule has 1 heterocycles. The van der Waals surface area contributed by atoms with E-state index in [-0.39, 0.29) is 6.79 Å². The van der Waals surface area contributed by atoms with Crippen LogP contribution in [0.4, 0.5) is 5.69 Å². The van der Waals surface area contributed by atoms with Crippen LogP contribution < -0.4 is 24.7 Å². The quantitative estimate of drug-likeness (QED) is 0.742. The molecule has 5 nitrogen and oxygen atoms in total. The van der Waals surface area contributed by atoms with Gasteiger partial charge in [0.05, 0.1) is 14.2 Å². The number of methoxy groups -OCH3 is 2. The Labute approximate surface area is 139 Å². The molecule has 4 rings (SSSR count). The first-order chi connectivity index (χ1) is 11.7. The van der Waals surface area contributed by atoms with Crippen LogP contribution in [-0.2, 0) is 0 Å². The normalized spacial score (nSPS) is 12.4. The monoisotopic (exact) mass is 323 g/mol. The van der Waals surface area contributed by atoms with Gasteiger partial charge >= 0.3 is 0 Å². The van der Waals surface area contributed by atoms with Gasteiger partial charge in [0.25, 0.3) is 0 Å². The minimum absolute atomic E-state index is 0.244. The number of anilines is 1. The van der Waals surface area contributed by atoms with Crippen LogP contribution in [0, 0.1) is 0 Å². The average Bonchev–Trinajstić information content (AvgIpc) is 3.07. The van der Waals surface area contributed by atoms with Crippen molar-refractivity contribution in [3.05, 3.63) is 42.5 Å². The number of fused-ring (bicyclic) bond motifs is 2. The van der Waals surface area contributed by atoms with Crippen molar-refractivity contribution in [3.63, 3.8) is 0 Å². The van der Waals surface area contributed by atoms with E-state index in [1.54, 1.807) is 14.2 Å². The molecule has 122 valence electrons. The SMILES string of the molecule is COc1ccc(-c2ccc3cc4c(cc3c2N)OCO4)cc1OC. The fourth-order valence-electron chi connectivity index (χ4n) is 2.99. The van der Waals surface area contributed by atoms with Crippen molar-refractivity contribution in [2.75, 3.05) is 26.7 Å². The molecule has 3 aromatic carbocycles. The van der Waals surface area contributed by atoms with Crippen molar-refractivity contribution in [1.29, 1.82) is 0 Å². The van der Waals surface area contributed by atoms with E-state index >= 15 is 0 Å². The first kappa shape index (κ1) is 14.5. The van der Waals surface area contributed by atoms with Crippen molar-refractivity contribution in [2.45, 2.75) is 0 Å². The Morgan fingerprint density at radius 2 is 1.62 bits per heavy atom. The van der Waals surface area contributed by atoms with E-state index in [4.69, 9.17) is 24.7 Å². The van der Waals surface area contributed by atoms with Crippen LogP contribution in [-0.4, -0.2) is 21.0 Å². The zero-order chi connectivity index (χ0) is 16.7. The third kappa shape index (κ3) is 2.17. The van der Waals surface area contributed by atoms with Crippen LogP contribution in [0.25, 0.3) is 21.9 Å². The minimum Gasteiger partial charge on any atom is -0.493 e. The summed E-state index contributed by atoms with van der Waals surface area (Å²) in [5.74, 6) is 2.82. The molecule has 0 saturated heterocycles. The summed E-state index contributed by atoms with van der Waals surface area (Å²) >= 11 is 0. The summed E-state index contributed by atoms with van der Waals surface area (Å²) in [6.45, 7) is 0.244. The van der Waals surface area contributed by atoms with E-state index in [1.807, 2.05) is 42.5 Å². The zero-order valence-corrected chi connectivity index (χ0v) is 13.5. The predicted molar refractivity (Wildman–Crippen MR) is 93.0 cm³/mol. The number of nitrogens with two attached hydrogens (primary N) is 1. The van der Waals surface area contributed by atoms with Crippen molar-refractivity contribution in [1.82, 2.24) is 0 Å². The molecular weight excluding hydrogens is 306 g/mol. The Balaban J connectivity index is 1.88. The summed E-state index contributed by atoms with van der Waals surface area (Å²) in [5, 5.41) is 1.95. The first-order valence-electron chi connectivity index (χ1n) is 7.55. The average molecular weight is 323 g/mol. The first-order valence-corrected chi connectivity index (χ1v) is 7.55. The highest BCUT2D eigenvalue weighted by Gasteiger charge is 2.17. The van der Waals surface area contributed by atoms with E-state index in [0.29, 0.717) is 17.2 Å². The van der Waals surface area contributed by atoms with Crippen molar-refractivity contribution >= 4 is 16.5 Å². The lowest BCUT2D eigenvalue weighted by Crippen LogP contribution is -1.94. The number of rotatable bonds is 3. The maximum Gasteiger partial charge on any atom is 0.231 e. The van der Waals surface area contributed by atoms with Gasteiger partial charge in [-0.25, -0.2) is 0 Å². The lowest BCUT2D eigenvalue weighted by molar-refractivity contribution is 0.174. The van der Waals surface area contributed by atoms with Crippen LogP contribution in [0.2, 0.25) is 0 Å². The van der Waals surface area contributed by atoms with E-state index in [1.165, 1.54) is 0 Å². The van der Waals surface area contributed by atoms with E-state index < -0.39 is 0 Å². The minimum atomic E-state index is 0.244. The Hall–Kier alpha value is -3.08. The van der Waals surface area contributed by atoms with Gasteiger partial charge in [-0.1, -0.05) is 18.2 Å². The molecular formula is C19H17NO4. The molecule has 0 atom stereocenters. The number of hydrogen-bond acceptors (Lipinski definition) is 5. The molecule has 0 fully saturated rings. The maximum absolute atomic E-state index is 6.44. The second-order valence-electron chi connectivity index (χ2n) is 5.52. The van der Waals surface area contributed by atoms with Gasteiger partial charge in [-0.3, -0.25) is 0 Å². The van der Waals surface area contributed by atoms with Gasteiger partial charge in [0.1, 0.15) is 0 Å². The smallest absolute Gasteiger partial charge is 0.231 e. The number of hydrogen-bond donors (Lipinski definition) is 1. The van der Waals surface area contributed by atoms with Gasteiger partial charge in [-0.2, -0.15) is 0 Å². The molecule has 1 aliphatic heterocycles. The molecule has 24 heavy (non-hydrogen) atoms. The summed E-state index contributed by atoms with van der Waals surface area (Å²) in [5.41, 5.74) is 9.03. The number of benzene rings is 3. The Morgan fingerprint density at radius 1 is 0.875 bits per heavy atom. The molecule has 0 aliphatic carbocycles. The molecule has 2 N–H and O–H groups in total. The number of ether oxygens (including phenoxy) is 4. The summed E-state index contributed by atoms with van der Waals surface area (Å²) in [4.78, 5) is 0. The fourth-order valence-corrected chi connectivity index (χ4v) is 2.99. The van der Waals surface area contributed by atoms with E-state index in [9.17, 15) is 0 Å². The van der Waals surface area contributed by atoms with E-state index in [2.05, 4.69) is 0 Å². The van der Waals surface area contributed by atoms with Gasteiger partial charge < -0.3 is 24.7 Å². The summed E-state index contributed by atoms with van der Waals surface area (Å²) in [7, 11) is 3.23. The largest absolute Gasteiger partial charge is 0.493 e. The van der Waals surface area contributed by atoms with Gasteiger partial charge in [0, 0.05) is 16.6 Å². The number of nitrogen functional groups attached to an aromatic ring is 1. The molecule has 0 bridgehead atoms. The lowest BCUT2D eigenvalue weighted by Gasteiger charge is -2.13. The van der Waals surface area contributed by atoms with Crippen molar-refractivity contribution in [3.8, 4) is 34.1 Å². The second kappa shape index (κ2) is 5.53. The van der Waals surface area contributed by atoms with Gasteiger partial charge in [0.15, 0.2) is 23.0 Å². The molecule has 1 aliphatic rings. The second-order valence-corrected chi connectivity index (χ2v) is 5.52. The topological polar surface area (TPSA) is 62.9 Å². The molecule has 0 aromatic heterocycles. The molecule has 0 unspecified atom stereocenters. The Morgan fingerprint density at radius 3 is 2.38 bits per heavy atom. The Bertz CT molecular complexity index is 936. The summed E-state index contributed by atoms with van der Waals surface area (Å²) < 4.78 is 21.6. The predicted octanol–water partition coefficient (Wildman–Crippen LogP) is 3.83. The highest BCUT2D eigenvalue weighted by molar-refractivity contribution is 6.02. The van der Waals surface area contributed by atoms with Crippen LogP contribution in [0.1, 0.15) is 0 Å². The molecule has 0 amide bonds. The highest BCUT2D eigenvalue weighted by atomic mass is 16.7. The summed E-state index contributed by atoms with van der Waals surface area (Å²) in [6.07, 6.45) is 0. The van der Waals surface area contributed by atoms with E-state index in [0.717, 1.165) is 33.4 Å². The van der Waals surface area contributed by atoms with Crippen LogP contribution >= 0.6 is 0 Å². The van der Waals surface area contributed by atoms with Crippen molar-refractivity contribution in [2.24, 2.45) is 0 Å². The highest BCUT2D eigenvalue weighted by Crippen LogP contribution is 2.42. The molecule has 5 heteroatoms. The maximum atomic E-state index is 6.44. The molecule has 3 aromatic rings. The third-order valence-corrected chi connectivity index (χ3v) is 4.25. The Kier molecular flexibility index (Phi) is 3.34. The standard InChI is InChI=1S/C19H17NO4/c1-21-15-6-4-11(7-16(15)22-2)13-5-3-12-8-17-18(24-10-23-17)9-14(12)19(13)20/h3-9H,10,20H2,1-2H3. The van der Waals surface area contributed by atoms with Crippen LogP contribution in [0.15, 0.2) is 42.5 Å². The van der Waals surface area contributed by atoms with Gasteiger partial charge in [-0.05, 0) is 35.2 Å².